The molecule has 1 atom stereocenters. The number of carbonyl (C=O) groups excluding carboxylic acids is 1. The summed E-state index contributed by atoms with van der Waals surface area (Å²) < 4.78 is 39.1. The molecule has 0 spiro atoms. The molecule has 0 aliphatic carbocycles. The van der Waals surface area contributed by atoms with Gasteiger partial charge in [-0.25, -0.2) is 4.98 Å². The van der Waals surface area contributed by atoms with Gasteiger partial charge in [0.1, 0.15) is 5.01 Å². The Morgan fingerprint density at radius 1 is 1.39 bits per heavy atom. The minimum atomic E-state index is -4.47. The Morgan fingerprint density at radius 3 is 2.57 bits per heavy atom. The lowest BCUT2D eigenvalue weighted by molar-refractivity contribution is -0.140. The van der Waals surface area contributed by atoms with Crippen molar-refractivity contribution in [1.82, 2.24) is 9.88 Å². The van der Waals surface area contributed by atoms with Gasteiger partial charge in [0, 0.05) is 10.3 Å². The topological polar surface area (TPSA) is 33.2 Å². The standard InChI is InChI=1S/C14H12BrF3N2OS2/c1-6(11-19-8(5-22-11)14(16,17)18)20-12(21)7-4-9(15)23-10(7)13(20,2)3/h4-6H,1-3H3/t6-/m0/s1. The number of aromatic nitrogens is 1. The van der Waals surface area contributed by atoms with E-state index < -0.39 is 23.5 Å². The molecule has 0 fully saturated rings. The molecule has 3 heterocycles. The summed E-state index contributed by atoms with van der Waals surface area (Å²) in [6.07, 6.45) is -4.47. The first-order valence-corrected chi connectivity index (χ1v) is 9.18. The van der Waals surface area contributed by atoms with Gasteiger partial charge in [0.2, 0.25) is 0 Å². The fourth-order valence-corrected chi connectivity index (χ4v) is 5.41. The van der Waals surface area contributed by atoms with E-state index in [1.165, 1.54) is 11.3 Å². The van der Waals surface area contributed by atoms with Crippen LogP contribution in [0.3, 0.4) is 0 Å². The zero-order valence-electron chi connectivity index (χ0n) is 12.4. The fraction of sp³-hybridized carbons (Fsp3) is 0.429. The number of hydrogen-bond acceptors (Lipinski definition) is 4. The number of hydrogen-bond donors (Lipinski definition) is 0. The second kappa shape index (κ2) is 5.29. The molecule has 1 aliphatic rings. The van der Waals surface area contributed by atoms with Crippen LogP contribution in [0.15, 0.2) is 15.2 Å². The van der Waals surface area contributed by atoms with E-state index in [-0.39, 0.29) is 10.9 Å². The van der Waals surface area contributed by atoms with Gasteiger partial charge in [-0.15, -0.1) is 22.7 Å². The number of halogens is 4. The summed E-state index contributed by atoms with van der Waals surface area (Å²) >= 11 is 5.77. The third kappa shape index (κ3) is 2.62. The van der Waals surface area contributed by atoms with Crippen LogP contribution in [0.4, 0.5) is 13.2 Å². The smallest absolute Gasteiger partial charge is 0.319 e. The molecule has 0 saturated heterocycles. The first-order chi connectivity index (χ1) is 10.5. The minimum absolute atomic E-state index is 0.178. The van der Waals surface area contributed by atoms with Gasteiger partial charge in [0.25, 0.3) is 5.91 Å². The molecule has 23 heavy (non-hydrogen) atoms. The maximum absolute atomic E-state index is 12.7. The lowest BCUT2D eigenvalue weighted by Crippen LogP contribution is -2.40. The summed E-state index contributed by atoms with van der Waals surface area (Å²) in [4.78, 5) is 18.9. The fourth-order valence-electron chi connectivity index (χ4n) is 2.85. The van der Waals surface area contributed by atoms with E-state index in [0.717, 1.165) is 25.4 Å². The molecule has 124 valence electrons. The highest BCUT2D eigenvalue weighted by atomic mass is 79.9. The quantitative estimate of drug-likeness (QED) is 0.642. The predicted octanol–water partition coefficient (Wildman–Crippen LogP) is 5.44. The average molecular weight is 425 g/mol. The highest BCUT2D eigenvalue weighted by molar-refractivity contribution is 9.11. The third-order valence-electron chi connectivity index (χ3n) is 3.87. The molecule has 2 aromatic heterocycles. The van der Waals surface area contributed by atoms with Crippen LogP contribution in [-0.4, -0.2) is 15.8 Å². The van der Waals surface area contributed by atoms with Crippen molar-refractivity contribution in [1.29, 1.82) is 0 Å². The van der Waals surface area contributed by atoms with Crippen LogP contribution >= 0.6 is 38.6 Å². The number of fused-ring (bicyclic) bond motifs is 1. The van der Waals surface area contributed by atoms with Crippen molar-refractivity contribution in [2.45, 2.75) is 38.5 Å². The monoisotopic (exact) mass is 424 g/mol. The number of rotatable bonds is 2. The highest BCUT2D eigenvalue weighted by Crippen LogP contribution is 2.49. The van der Waals surface area contributed by atoms with Crippen LogP contribution in [0.25, 0.3) is 0 Å². The van der Waals surface area contributed by atoms with E-state index in [4.69, 9.17) is 0 Å². The molecule has 0 unspecified atom stereocenters. The Bertz CT molecular complexity index is 781. The third-order valence-corrected chi connectivity index (χ3v) is 6.83. The van der Waals surface area contributed by atoms with Crippen LogP contribution in [-0.2, 0) is 11.7 Å². The van der Waals surface area contributed by atoms with Crippen LogP contribution < -0.4 is 0 Å². The maximum atomic E-state index is 12.7. The molecule has 3 rings (SSSR count). The molecule has 0 aromatic carbocycles. The molecule has 0 bridgehead atoms. The van der Waals surface area contributed by atoms with Crippen molar-refractivity contribution >= 4 is 44.5 Å². The van der Waals surface area contributed by atoms with Crippen molar-refractivity contribution in [3.63, 3.8) is 0 Å². The first-order valence-electron chi connectivity index (χ1n) is 6.69. The summed E-state index contributed by atoms with van der Waals surface area (Å²) in [6, 6.07) is 1.23. The summed E-state index contributed by atoms with van der Waals surface area (Å²) in [5.74, 6) is -0.178. The normalized spacial score (nSPS) is 18.4. The SMILES string of the molecule is C[C@@H](c1nc(C(F)(F)F)cs1)N1C(=O)c2cc(Br)sc2C1(C)C. The zero-order chi connectivity index (χ0) is 17.2. The highest BCUT2D eigenvalue weighted by Gasteiger charge is 2.48. The van der Waals surface area contributed by atoms with E-state index in [1.807, 2.05) is 13.8 Å². The van der Waals surface area contributed by atoms with Crippen LogP contribution in [0.5, 0.6) is 0 Å². The number of amides is 1. The molecule has 0 radical (unpaired) electrons. The number of thiazole rings is 1. The maximum Gasteiger partial charge on any atom is 0.434 e. The molecule has 0 N–H and O–H groups in total. The average Bonchev–Trinajstić information content (AvgIpc) is 3.06. The predicted molar refractivity (Wildman–Crippen MR) is 86.7 cm³/mol. The van der Waals surface area contributed by atoms with Crippen molar-refractivity contribution in [2.24, 2.45) is 0 Å². The largest absolute Gasteiger partial charge is 0.434 e. The molecule has 1 aliphatic heterocycles. The molecule has 9 heteroatoms. The van der Waals surface area contributed by atoms with Gasteiger partial charge >= 0.3 is 6.18 Å². The van der Waals surface area contributed by atoms with Crippen molar-refractivity contribution < 1.29 is 18.0 Å². The molecule has 1 amide bonds. The van der Waals surface area contributed by atoms with Crippen molar-refractivity contribution in [3.05, 3.63) is 36.4 Å². The second-order valence-electron chi connectivity index (χ2n) is 5.77. The summed E-state index contributed by atoms with van der Waals surface area (Å²) in [5, 5.41) is 1.28. The Hall–Kier alpha value is -0.930. The molecule has 3 nitrogen and oxygen atoms in total. The van der Waals surface area contributed by atoms with E-state index in [2.05, 4.69) is 20.9 Å². The Labute approximate surface area is 147 Å². The number of nitrogens with zero attached hydrogens (tertiary/aromatic N) is 2. The lowest BCUT2D eigenvalue weighted by Gasteiger charge is -2.36. The number of alkyl halides is 3. The molecular formula is C14H12BrF3N2OS2. The summed E-state index contributed by atoms with van der Waals surface area (Å²) in [7, 11) is 0. The van der Waals surface area contributed by atoms with E-state index >= 15 is 0 Å². The van der Waals surface area contributed by atoms with E-state index in [1.54, 1.807) is 17.9 Å². The second-order valence-corrected chi connectivity index (χ2v) is 9.09. The minimum Gasteiger partial charge on any atom is -0.319 e. The van der Waals surface area contributed by atoms with Gasteiger partial charge in [-0.3, -0.25) is 4.79 Å². The van der Waals surface area contributed by atoms with Crippen LogP contribution in [0.2, 0.25) is 0 Å². The van der Waals surface area contributed by atoms with E-state index in [9.17, 15) is 18.0 Å². The number of thiophene rings is 1. The van der Waals surface area contributed by atoms with Gasteiger partial charge in [-0.05, 0) is 42.8 Å². The Kier molecular flexibility index (Phi) is 3.89. The van der Waals surface area contributed by atoms with Gasteiger partial charge < -0.3 is 4.90 Å². The van der Waals surface area contributed by atoms with Crippen LogP contribution in [0, 0.1) is 0 Å². The first kappa shape index (κ1) is 16.9. The molecular weight excluding hydrogens is 413 g/mol. The molecule has 2 aromatic rings. The van der Waals surface area contributed by atoms with Gasteiger partial charge in [0.15, 0.2) is 5.69 Å². The van der Waals surface area contributed by atoms with Gasteiger partial charge in [0.05, 0.1) is 20.9 Å². The van der Waals surface area contributed by atoms with Gasteiger partial charge in [-0.1, -0.05) is 0 Å². The summed E-state index contributed by atoms with van der Waals surface area (Å²) in [6.45, 7) is 5.51. The van der Waals surface area contributed by atoms with Crippen molar-refractivity contribution in [2.75, 3.05) is 0 Å². The van der Waals surface area contributed by atoms with Crippen LogP contribution in [0.1, 0.15) is 52.7 Å². The van der Waals surface area contributed by atoms with Crippen molar-refractivity contribution in [3.8, 4) is 0 Å². The Balaban J connectivity index is 1.97. The molecule has 0 saturated carbocycles. The Morgan fingerprint density at radius 2 is 2.04 bits per heavy atom. The van der Waals surface area contributed by atoms with Gasteiger partial charge in [-0.2, -0.15) is 13.2 Å². The zero-order valence-corrected chi connectivity index (χ0v) is 15.6. The number of carbonyl (C=O) groups is 1. The summed E-state index contributed by atoms with van der Waals surface area (Å²) in [5.41, 5.74) is -0.898. The lowest BCUT2D eigenvalue weighted by atomic mass is 10.0. The van der Waals surface area contributed by atoms with E-state index in [0.29, 0.717) is 5.56 Å².